The number of hydrogen-bond acceptors (Lipinski definition) is 5. The van der Waals surface area contributed by atoms with Gasteiger partial charge in [0.1, 0.15) is 5.78 Å². The van der Waals surface area contributed by atoms with Gasteiger partial charge in [-0.05, 0) is 25.8 Å². The third-order valence-electron chi connectivity index (χ3n) is 4.30. The minimum absolute atomic E-state index is 0.0762. The first-order valence-electron chi connectivity index (χ1n) is 8.07. The zero-order valence-electron chi connectivity index (χ0n) is 14.2. The molecule has 2 saturated heterocycles. The first kappa shape index (κ1) is 17.5. The third-order valence-corrected chi connectivity index (χ3v) is 8.31. The molecule has 23 heavy (non-hydrogen) atoms. The molecule has 2 heterocycles. The maximum Gasteiger partial charge on any atom is 0.348 e. The molecule has 0 amide bonds. The minimum Gasteiger partial charge on any atom is -0.307 e. The highest BCUT2D eigenvalue weighted by molar-refractivity contribution is 8.01. The molecular formula is C17H26NO3PS. The molecule has 2 atom stereocenters. The van der Waals surface area contributed by atoms with Gasteiger partial charge in [-0.1, -0.05) is 44.2 Å². The summed E-state index contributed by atoms with van der Waals surface area (Å²) >= 11 is 1.82. The van der Waals surface area contributed by atoms with Gasteiger partial charge in [-0.25, -0.2) is 0 Å². The van der Waals surface area contributed by atoms with Crippen molar-refractivity contribution in [2.24, 2.45) is 5.41 Å². The molecule has 3 rings (SSSR count). The highest BCUT2D eigenvalue weighted by atomic mass is 32.2. The van der Waals surface area contributed by atoms with Crippen LogP contribution in [0.1, 0.15) is 33.3 Å². The van der Waals surface area contributed by atoms with Crippen LogP contribution in [0.4, 0.5) is 0 Å². The van der Waals surface area contributed by atoms with E-state index < -0.39 is 7.60 Å². The molecule has 2 aliphatic heterocycles. The fraction of sp³-hybridized carbons (Fsp3) is 0.647. The molecule has 1 aromatic rings. The highest BCUT2D eigenvalue weighted by Crippen LogP contribution is 2.63. The predicted molar refractivity (Wildman–Crippen MR) is 95.8 cm³/mol. The van der Waals surface area contributed by atoms with E-state index in [2.05, 4.69) is 57.3 Å². The van der Waals surface area contributed by atoms with Crippen molar-refractivity contribution in [2.75, 3.05) is 13.2 Å². The SMILES string of the molecule is CC1(C)COP(=O)([C@H]2N[C@@H](Cc3ccccc3)SC2(C)C)OC1. The number of nitrogens with one attached hydrogen (secondary N) is 1. The van der Waals surface area contributed by atoms with E-state index in [9.17, 15) is 4.57 Å². The summed E-state index contributed by atoms with van der Waals surface area (Å²) in [6, 6.07) is 10.4. The zero-order valence-corrected chi connectivity index (χ0v) is 16.0. The summed E-state index contributed by atoms with van der Waals surface area (Å²) in [7, 11) is -3.14. The van der Waals surface area contributed by atoms with E-state index in [1.165, 1.54) is 5.56 Å². The molecule has 0 aliphatic carbocycles. The molecule has 0 radical (unpaired) electrons. The van der Waals surface area contributed by atoms with Gasteiger partial charge in [-0.2, -0.15) is 0 Å². The topological polar surface area (TPSA) is 47.6 Å². The molecule has 2 fully saturated rings. The van der Waals surface area contributed by atoms with Gasteiger partial charge in [0.15, 0.2) is 0 Å². The Hall–Kier alpha value is -0.320. The van der Waals surface area contributed by atoms with Crippen molar-refractivity contribution >= 4 is 19.4 Å². The smallest absolute Gasteiger partial charge is 0.307 e. The maximum atomic E-state index is 13.2. The summed E-state index contributed by atoms with van der Waals surface area (Å²) in [5.74, 6) is -0.273. The van der Waals surface area contributed by atoms with Crippen LogP contribution in [-0.4, -0.2) is 29.1 Å². The number of thioether (sulfide) groups is 1. The van der Waals surface area contributed by atoms with Gasteiger partial charge in [0.05, 0.1) is 18.6 Å². The Labute approximate surface area is 143 Å². The first-order chi connectivity index (χ1) is 10.7. The van der Waals surface area contributed by atoms with E-state index in [0.717, 1.165) is 6.42 Å². The molecule has 1 N–H and O–H groups in total. The Morgan fingerprint density at radius 2 is 1.78 bits per heavy atom. The highest BCUT2D eigenvalue weighted by Gasteiger charge is 2.54. The Morgan fingerprint density at radius 1 is 1.17 bits per heavy atom. The molecule has 2 aliphatic rings. The minimum atomic E-state index is -3.14. The molecule has 4 nitrogen and oxygen atoms in total. The second-order valence-electron chi connectivity index (χ2n) is 7.72. The lowest BCUT2D eigenvalue weighted by Crippen LogP contribution is -2.43. The molecule has 0 unspecified atom stereocenters. The summed E-state index contributed by atoms with van der Waals surface area (Å²) in [4.78, 5) is 0. The predicted octanol–water partition coefficient (Wildman–Crippen LogP) is 4.26. The molecule has 6 heteroatoms. The summed E-state index contributed by atoms with van der Waals surface area (Å²) in [6.45, 7) is 9.32. The van der Waals surface area contributed by atoms with Gasteiger partial charge >= 0.3 is 7.60 Å². The van der Waals surface area contributed by atoms with Crippen LogP contribution >= 0.6 is 19.4 Å². The third kappa shape index (κ3) is 3.85. The van der Waals surface area contributed by atoms with Crippen LogP contribution < -0.4 is 5.32 Å². The van der Waals surface area contributed by atoms with Crippen molar-refractivity contribution in [1.82, 2.24) is 5.32 Å². The lowest BCUT2D eigenvalue weighted by Gasteiger charge is -2.39. The number of hydrogen-bond donors (Lipinski definition) is 1. The molecular weight excluding hydrogens is 329 g/mol. The van der Waals surface area contributed by atoms with Gasteiger partial charge < -0.3 is 9.05 Å². The van der Waals surface area contributed by atoms with E-state index in [0.29, 0.717) is 13.2 Å². The molecule has 0 spiro atoms. The lowest BCUT2D eigenvalue weighted by molar-refractivity contribution is 0.0357. The fourth-order valence-corrected chi connectivity index (χ4v) is 7.64. The molecule has 1 aromatic carbocycles. The van der Waals surface area contributed by atoms with Crippen molar-refractivity contribution < 1.29 is 13.6 Å². The van der Waals surface area contributed by atoms with E-state index in [1.807, 2.05) is 17.8 Å². The van der Waals surface area contributed by atoms with Gasteiger partial charge in [-0.3, -0.25) is 9.88 Å². The summed E-state index contributed by atoms with van der Waals surface area (Å²) < 4.78 is 24.5. The van der Waals surface area contributed by atoms with Crippen molar-refractivity contribution in [2.45, 2.75) is 50.0 Å². The van der Waals surface area contributed by atoms with Crippen molar-refractivity contribution in [3.8, 4) is 0 Å². The van der Waals surface area contributed by atoms with Crippen LogP contribution in [-0.2, 0) is 20.0 Å². The average molecular weight is 355 g/mol. The normalized spacial score (nSPS) is 31.8. The van der Waals surface area contributed by atoms with E-state index >= 15 is 0 Å². The number of benzene rings is 1. The zero-order chi connectivity index (χ0) is 16.7. The van der Waals surface area contributed by atoms with Gasteiger partial charge in [-0.15, -0.1) is 11.8 Å². The van der Waals surface area contributed by atoms with Gasteiger partial charge in [0.25, 0.3) is 0 Å². The van der Waals surface area contributed by atoms with E-state index in [4.69, 9.17) is 9.05 Å². The van der Waals surface area contributed by atoms with Crippen molar-refractivity contribution in [1.29, 1.82) is 0 Å². The Balaban J connectivity index is 1.72. The van der Waals surface area contributed by atoms with Crippen LogP contribution in [0, 0.1) is 5.41 Å². The van der Waals surface area contributed by atoms with Crippen LogP contribution in [0.5, 0.6) is 0 Å². The molecule has 0 saturated carbocycles. The molecule has 0 aromatic heterocycles. The molecule has 0 bridgehead atoms. The second-order valence-corrected chi connectivity index (χ2v) is 11.7. The van der Waals surface area contributed by atoms with E-state index in [1.54, 1.807) is 0 Å². The van der Waals surface area contributed by atoms with Crippen molar-refractivity contribution in [3.63, 3.8) is 0 Å². The fourth-order valence-electron chi connectivity index (χ4n) is 3.00. The Kier molecular flexibility index (Phi) is 4.72. The van der Waals surface area contributed by atoms with Crippen LogP contribution in [0.3, 0.4) is 0 Å². The van der Waals surface area contributed by atoms with Crippen LogP contribution in [0.2, 0.25) is 0 Å². The average Bonchev–Trinajstić information content (AvgIpc) is 2.79. The number of rotatable bonds is 3. The van der Waals surface area contributed by atoms with Crippen LogP contribution in [0.15, 0.2) is 30.3 Å². The lowest BCUT2D eigenvalue weighted by atomic mass is 9.97. The maximum absolute atomic E-state index is 13.2. The second kappa shape index (κ2) is 6.20. The summed E-state index contributed by atoms with van der Waals surface area (Å²) in [5, 5.41) is 3.73. The quantitative estimate of drug-likeness (QED) is 0.821. The Morgan fingerprint density at radius 3 is 2.39 bits per heavy atom. The van der Waals surface area contributed by atoms with Gasteiger partial charge in [0.2, 0.25) is 0 Å². The van der Waals surface area contributed by atoms with Crippen LogP contribution in [0.25, 0.3) is 0 Å². The molecule has 128 valence electrons. The largest absolute Gasteiger partial charge is 0.348 e. The van der Waals surface area contributed by atoms with Crippen molar-refractivity contribution in [3.05, 3.63) is 35.9 Å². The van der Waals surface area contributed by atoms with E-state index in [-0.39, 0.29) is 21.3 Å². The Bertz CT molecular complexity index is 591. The summed E-state index contributed by atoms with van der Waals surface area (Å²) in [6.07, 6.45) is 0.900. The standard InChI is InChI=1S/C17H26NO3PS/c1-16(2)11-20-22(19,21-12-16)15-17(3,4)23-14(18-15)10-13-8-6-5-7-9-13/h5-9,14-15,18H,10-12H2,1-4H3/t14-,15-/m1/s1. The monoisotopic (exact) mass is 355 g/mol. The first-order valence-corrected chi connectivity index (χ1v) is 10.6. The summed E-state index contributed by atoms with van der Waals surface area (Å²) in [5.41, 5.74) is 1.20. The van der Waals surface area contributed by atoms with Gasteiger partial charge in [0, 0.05) is 10.2 Å².